The number of rotatable bonds is 2. The van der Waals surface area contributed by atoms with Crippen LogP contribution in [0.25, 0.3) is 0 Å². The number of hydrogen-bond donors (Lipinski definition) is 1. The van der Waals surface area contributed by atoms with Gasteiger partial charge in [0.2, 0.25) is 5.89 Å². The van der Waals surface area contributed by atoms with E-state index in [9.17, 15) is 4.79 Å². The molecule has 0 unspecified atom stereocenters. The number of aromatic nitrogens is 4. The van der Waals surface area contributed by atoms with E-state index in [1.807, 2.05) is 11.8 Å². The number of fused-ring (bicyclic) bond motifs is 1. The molecule has 2 aromatic rings. The number of aryl methyl sites for hydroxylation is 1. The Hall–Kier alpha value is -2.18. The highest BCUT2D eigenvalue weighted by molar-refractivity contribution is 5.94. The summed E-state index contributed by atoms with van der Waals surface area (Å²) in [5.74, 6) is 1.79. The standard InChI is InChI=1S/C14H17N5O2/c1-9-17-13(21-18-9)14-4-2-3-11(14)7-19(8-14)12(20)10-5-15-16-6-10/h5-6,11H,2-4,7-8H2,1H3,(H,15,16)/t11-,14-/m0/s1. The first kappa shape index (κ1) is 12.6. The summed E-state index contributed by atoms with van der Waals surface area (Å²) in [5.41, 5.74) is 0.451. The highest BCUT2D eigenvalue weighted by Crippen LogP contribution is 2.50. The quantitative estimate of drug-likeness (QED) is 0.899. The van der Waals surface area contributed by atoms with Crippen molar-refractivity contribution in [2.75, 3.05) is 13.1 Å². The molecule has 0 radical (unpaired) electrons. The van der Waals surface area contributed by atoms with Crippen LogP contribution in [0.3, 0.4) is 0 Å². The maximum atomic E-state index is 12.5. The van der Waals surface area contributed by atoms with E-state index in [-0.39, 0.29) is 11.3 Å². The molecule has 1 saturated heterocycles. The smallest absolute Gasteiger partial charge is 0.257 e. The first-order valence-electron chi connectivity index (χ1n) is 7.28. The normalized spacial score (nSPS) is 28.0. The Morgan fingerprint density at radius 3 is 3.19 bits per heavy atom. The van der Waals surface area contributed by atoms with Crippen LogP contribution in [0.2, 0.25) is 0 Å². The van der Waals surface area contributed by atoms with E-state index in [2.05, 4.69) is 20.3 Å². The molecule has 1 N–H and O–H groups in total. The Bertz CT molecular complexity index is 665. The zero-order valence-corrected chi connectivity index (χ0v) is 11.9. The molecule has 0 bridgehead atoms. The summed E-state index contributed by atoms with van der Waals surface area (Å²) in [6.07, 6.45) is 6.48. The minimum Gasteiger partial charge on any atom is -0.339 e. The molecule has 1 amide bonds. The maximum Gasteiger partial charge on any atom is 0.257 e. The van der Waals surface area contributed by atoms with Crippen LogP contribution in [0.15, 0.2) is 16.9 Å². The Kier molecular flexibility index (Phi) is 2.63. The van der Waals surface area contributed by atoms with E-state index in [1.165, 1.54) is 0 Å². The van der Waals surface area contributed by atoms with Gasteiger partial charge in [-0.3, -0.25) is 9.89 Å². The average molecular weight is 287 g/mol. The minimum absolute atomic E-state index is 0.0220. The van der Waals surface area contributed by atoms with Crippen LogP contribution < -0.4 is 0 Å². The summed E-state index contributed by atoms with van der Waals surface area (Å²) in [6, 6.07) is 0. The van der Waals surface area contributed by atoms with E-state index in [1.54, 1.807) is 12.4 Å². The SMILES string of the molecule is Cc1noc([C@]23CCC[C@H]2CN(C(=O)c2cn[nH]c2)C3)n1. The number of H-pyrrole nitrogens is 1. The summed E-state index contributed by atoms with van der Waals surface area (Å²) < 4.78 is 5.45. The second-order valence-electron chi connectivity index (χ2n) is 6.06. The van der Waals surface area contributed by atoms with Crippen molar-refractivity contribution in [3.63, 3.8) is 0 Å². The van der Waals surface area contributed by atoms with E-state index in [0.717, 1.165) is 25.8 Å². The van der Waals surface area contributed by atoms with Crippen molar-refractivity contribution in [1.82, 2.24) is 25.2 Å². The van der Waals surface area contributed by atoms with Gasteiger partial charge in [0, 0.05) is 19.3 Å². The highest BCUT2D eigenvalue weighted by Gasteiger charge is 2.55. The van der Waals surface area contributed by atoms with Crippen LogP contribution >= 0.6 is 0 Å². The highest BCUT2D eigenvalue weighted by atomic mass is 16.5. The predicted octanol–water partition coefficient (Wildman–Crippen LogP) is 1.30. The van der Waals surface area contributed by atoms with Gasteiger partial charge in [-0.2, -0.15) is 10.1 Å². The van der Waals surface area contributed by atoms with Gasteiger partial charge in [-0.1, -0.05) is 11.6 Å². The molecule has 7 nitrogen and oxygen atoms in total. The van der Waals surface area contributed by atoms with Crippen molar-refractivity contribution >= 4 is 5.91 Å². The number of aromatic amines is 1. The molecule has 0 aromatic carbocycles. The van der Waals surface area contributed by atoms with Gasteiger partial charge in [0.15, 0.2) is 5.82 Å². The summed E-state index contributed by atoms with van der Waals surface area (Å²) in [4.78, 5) is 18.9. The molecular formula is C14H17N5O2. The molecule has 2 aromatic heterocycles. The molecule has 1 aliphatic carbocycles. The third-order valence-electron chi connectivity index (χ3n) is 4.86. The lowest BCUT2D eigenvalue weighted by Gasteiger charge is -2.24. The van der Waals surface area contributed by atoms with Gasteiger partial charge in [-0.15, -0.1) is 0 Å². The van der Waals surface area contributed by atoms with Crippen molar-refractivity contribution in [3.8, 4) is 0 Å². The topological polar surface area (TPSA) is 87.9 Å². The van der Waals surface area contributed by atoms with E-state index in [4.69, 9.17) is 4.52 Å². The number of amides is 1. The van der Waals surface area contributed by atoms with Crippen LogP contribution in [0.5, 0.6) is 0 Å². The van der Waals surface area contributed by atoms with Crippen molar-refractivity contribution in [2.24, 2.45) is 5.92 Å². The molecule has 0 spiro atoms. The largest absolute Gasteiger partial charge is 0.339 e. The molecule has 2 atom stereocenters. The number of likely N-dealkylation sites (tertiary alicyclic amines) is 1. The van der Waals surface area contributed by atoms with Crippen LogP contribution in [0, 0.1) is 12.8 Å². The molecule has 1 saturated carbocycles. The van der Waals surface area contributed by atoms with Gasteiger partial charge >= 0.3 is 0 Å². The fourth-order valence-corrected chi connectivity index (χ4v) is 3.84. The molecule has 4 rings (SSSR count). The lowest BCUT2D eigenvalue weighted by atomic mass is 9.80. The van der Waals surface area contributed by atoms with Gasteiger partial charge in [-0.25, -0.2) is 0 Å². The van der Waals surface area contributed by atoms with Gasteiger partial charge in [-0.05, 0) is 25.7 Å². The molecule has 3 heterocycles. The molecule has 1 aliphatic heterocycles. The molecule has 2 fully saturated rings. The third kappa shape index (κ3) is 1.80. The molecule has 7 heteroatoms. The minimum atomic E-state index is -0.152. The van der Waals surface area contributed by atoms with Gasteiger partial charge in [0.25, 0.3) is 5.91 Å². The first-order chi connectivity index (χ1) is 10.2. The first-order valence-corrected chi connectivity index (χ1v) is 7.28. The van der Waals surface area contributed by atoms with Crippen molar-refractivity contribution < 1.29 is 9.32 Å². The lowest BCUT2D eigenvalue weighted by molar-refractivity contribution is 0.0775. The molecule has 2 aliphatic rings. The monoisotopic (exact) mass is 287 g/mol. The van der Waals surface area contributed by atoms with Crippen molar-refractivity contribution in [3.05, 3.63) is 29.7 Å². The van der Waals surface area contributed by atoms with Crippen molar-refractivity contribution in [2.45, 2.75) is 31.6 Å². The fourth-order valence-electron chi connectivity index (χ4n) is 3.84. The average Bonchev–Trinajstić information content (AvgIpc) is 3.21. The van der Waals surface area contributed by atoms with Gasteiger partial charge in [0.1, 0.15) is 0 Å². The van der Waals surface area contributed by atoms with Crippen LogP contribution in [-0.4, -0.2) is 44.2 Å². The summed E-state index contributed by atoms with van der Waals surface area (Å²) in [7, 11) is 0. The fraction of sp³-hybridized carbons (Fsp3) is 0.571. The molecule has 21 heavy (non-hydrogen) atoms. The second kappa shape index (κ2) is 4.41. The van der Waals surface area contributed by atoms with Crippen LogP contribution in [-0.2, 0) is 5.41 Å². The van der Waals surface area contributed by atoms with Gasteiger partial charge < -0.3 is 9.42 Å². The number of nitrogens with zero attached hydrogens (tertiary/aromatic N) is 4. The third-order valence-corrected chi connectivity index (χ3v) is 4.86. The summed E-state index contributed by atoms with van der Waals surface area (Å²) in [6.45, 7) is 3.24. The van der Waals surface area contributed by atoms with E-state index >= 15 is 0 Å². The summed E-state index contributed by atoms with van der Waals surface area (Å²) in [5, 5.41) is 10.5. The molecule has 110 valence electrons. The second-order valence-corrected chi connectivity index (χ2v) is 6.06. The van der Waals surface area contributed by atoms with Crippen LogP contribution in [0.1, 0.15) is 41.3 Å². The van der Waals surface area contributed by atoms with Crippen molar-refractivity contribution in [1.29, 1.82) is 0 Å². The van der Waals surface area contributed by atoms with Crippen LogP contribution in [0.4, 0.5) is 0 Å². The zero-order valence-electron chi connectivity index (χ0n) is 11.9. The Morgan fingerprint density at radius 1 is 1.57 bits per heavy atom. The van der Waals surface area contributed by atoms with E-state index < -0.39 is 0 Å². The number of carbonyl (C=O) groups excluding carboxylic acids is 1. The lowest BCUT2D eigenvalue weighted by Crippen LogP contribution is -2.34. The zero-order chi connectivity index (χ0) is 14.4. The predicted molar refractivity (Wildman–Crippen MR) is 72.5 cm³/mol. The summed E-state index contributed by atoms with van der Waals surface area (Å²) >= 11 is 0. The Labute approximate surface area is 121 Å². The number of carbonyl (C=O) groups is 1. The number of nitrogens with one attached hydrogen (secondary N) is 1. The Balaban J connectivity index is 1.65. The van der Waals surface area contributed by atoms with Gasteiger partial charge in [0.05, 0.1) is 17.2 Å². The number of hydrogen-bond acceptors (Lipinski definition) is 5. The van der Waals surface area contributed by atoms with E-state index in [0.29, 0.717) is 29.7 Å². The molecular weight excluding hydrogens is 270 g/mol. The Morgan fingerprint density at radius 2 is 2.48 bits per heavy atom. The maximum absolute atomic E-state index is 12.5.